The number of H-pyrrole nitrogens is 1. The van der Waals surface area contributed by atoms with Gasteiger partial charge in [0.05, 0.1) is 12.4 Å². The minimum absolute atomic E-state index is 0.359. The normalized spacial score (nSPS) is 10.4. The van der Waals surface area contributed by atoms with E-state index in [1.165, 1.54) is 6.07 Å². The number of hydrogen-bond acceptors (Lipinski definition) is 3. The van der Waals surface area contributed by atoms with E-state index in [-0.39, 0.29) is 5.82 Å². The molecule has 0 saturated carbocycles. The van der Waals surface area contributed by atoms with E-state index < -0.39 is 0 Å². The summed E-state index contributed by atoms with van der Waals surface area (Å²) in [7, 11) is 0. The molecule has 0 aliphatic heterocycles. The summed E-state index contributed by atoms with van der Waals surface area (Å²) in [5, 5.41) is 6.45. The zero-order valence-electron chi connectivity index (χ0n) is 9.88. The van der Waals surface area contributed by atoms with Crippen LogP contribution in [0.4, 0.5) is 4.39 Å². The number of benzene rings is 1. The van der Waals surface area contributed by atoms with Crippen LogP contribution in [0.2, 0.25) is 0 Å². The average Bonchev–Trinajstić information content (AvgIpc) is 2.94. The quantitative estimate of drug-likeness (QED) is 0.780. The molecule has 1 aromatic carbocycles. The average molecular weight is 255 g/mol. The molecule has 3 aromatic rings. The molecule has 5 heteroatoms. The molecule has 0 amide bonds. The van der Waals surface area contributed by atoms with E-state index >= 15 is 0 Å². The van der Waals surface area contributed by atoms with Gasteiger partial charge in [0.15, 0.2) is 0 Å². The fourth-order valence-corrected chi connectivity index (χ4v) is 1.74. The van der Waals surface area contributed by atoms with Gasteiger partial charge in [0.25, 0.3) is 0 Å². The zero-order chi connectivity index (χ0) is 13.1. The second kappa shape index (κ2) is 4.89. The van der Waals surface area contributed by atoms with Gasteiger partial charge < -0.3 is 4.74 Å². The topological polar surface area (TPSA) is 50.8 Å². The van der Waals surface area contributed by atoms with Crippen LogP contribution in [-0.2, 0) is 0 Å². The molecule has 2 heterocycles. The number of ether oxygens (including phenoxy) is 1. The van der Waals surface area contributed by atoms with E-state index in [4.69, 9.17) is 4.74 Å². The molecule has 0 radical (unpaired) electrons. The second-order valence-electron chi connectivity index (χ2n) is 3.92. The minimum Gasteiger partial charge on any atom is -0.456 e. The van der Waals surface area contributed by atoms with E-state index in [1.54, 1.807) is 49.1 Å². The van der Waals surface area contributed by atoms with Crippen LogP contribution < -0.4 is 4.74 Å². The van der Waals surface area contributed by atoms with E-state index in [1.807, 2.05) is 0 Å². The minimum atomic E-state index is -0.359. The summed E-state index contributed by atoms with van der Waals surface area (Å²) in [5.41, 5.74) is 1.18. The SMILES string of the molecule is Fc1cc(Oc2cccnc2)ccc1-c1cn[nH]c1. The Bertz CT molecular complexity index is 668. The Morgan fingerprint density at radius 1 is 1.11 bits per heavy atom. The number of halogens is 1. The van der Waals surface area contributed by atoms with E-state index in [2.05, 4.69) is 15.2 Å². The Kier molecular flexibility index (Phi) is 2.94. The maximum Gasteiger partial charge on any atom is 0.145 e. The lowest BCUT2D eigenvalue weighted by Crippen LogP contribution is -1.88. The van der Waals surface area contributed by atoms with Crippen molar-refractivity contribution in [2.75, 3.05) is 0 Å². The number of hydrogen-bond donors (Lipinski definition) is 1. The Balaban J connectivity index is 1.88. The molecule has 0 bridgehead atoms. The van der Waals surface area contributed by atoms with Crippen LogP contribution in [-0.4, -0.2) is 15.2 Å². The molecule has 0 atom stereocenters. The van der Waals surface area contributed by atoms with Crippen molar-refractivity contribution in [3.05, 3.63) is 60.9 Å². The highest BCUT2D eigenvalue weighted by atomic mass is 19.1. The van der Waals surface area contributed by atoms with Crippen LogP contribution in [0.1, 0.15) is 0 Å². The van der Waals surface area contributed by atoms with E-state index in [0.29, 0.717) is 22.6 Å². The first-order valence-corrected chi connectivity index (χ1v) is 5.69. The summed E-state index contributed by atoms with van der Waals surface area (Å²) in [4.78, 5) is 3.93. The number of aromatic amines is 1. The predicted octanol–water partition coefficient (Wildman–Crippen LogP) is 3.40. The van der Waals surface area contributed by atoms with Gasteiger partial charge in [-0.1, -0.05) is 0 Å². The fourth-order valence-electron chi connectivity index (χ4n) is 1.74. The molecule has 0 fully saturated rings. The first kappa shape index (κ1) is 11.4. The van der Waals surface area contributed by atoms with Crippen LogP contribution in [0, 0.1) is 5.82 Å². The number of nitrogens with one attached hydrogen (secondary N) is 1. The third-order valence-corrected chi connectivity index (χ3v) is 2.62. The number of aromatic nitrogens is 3. The third-order valence-electron chi connectivity index (χ3n) is 2.62. The summed E-state index contributed by atoms with van der Waals surface area (Å²) in [5.74, 6) is 0.637. The lowest BCUT2D eigenvalue weighted by Gasteiger charge is -2.06. The van der Waals surface area contributed by atoms with Crippen molar-refractivity contribution >= 4 is 0 Å². The van der Waals surface area contributed by atoms with Crippen molar-refractivity contribution in [3.63, 3.8) is 0 Å². The van der Waals surface area contributed by atoms with Crippen LogP contribution in [0.15, 0.2) is 55.1 Å². The van der Waals surface area contributed by atoms with Crippen molar-refractivity contribution in [2.45, 2.75) is 0 Å². The highest BCUT2D eigenvalue weighted by Gasteiger charge is 2.08. The van der Waals surface area contributed by atoms with Gasteiger partial charge in [0.2, 0.25) is 0 Å². The lowest BCUT2D eigenvalue weighted by molar-refractivity contribution is 0.475. The Morgan fingerprint density at radius 2 is 2.05 bits per heavy atom. The first-order chi connectivity index (χ1) is 9.33. The van der Waals surface area contributed by atoms with Crippen molar-refractivity contribution in [1.82, 2.24) is 15.2 Å². The van der Waals surface area contributed by atoms with Crippen molar-refractivity contribution in [2.24, 2.45) is 0 Å². The summed E-state index contributed by atoms with van der Waals surface area (Å²) < 4.78 is 19.5. The predicted molar refractivity (Wildman–Crippen MR) is 68.3 cm³/mol. The molecule has 1 N–H and O–H groups in total. The molecule has 0 unspecified atom stereocenters. The monoisotopic (exact) mass is 255 g/mol. The standard InChI is InChI=1S/C14H10FN3O/c15-14-6-11(19-12-2-1-5-16-9-12)3-4-13(14)10-7-17-18-8-10/h1-9H,(H,17,18). The van der Waals surface area contributed by atoms with Crippen molar-refractivity contribution < 1.29 is 9.13 Å². The smallest absolute Gasteiger partial charge is 0.145 e. The van der Waals surface area contributed by atoms with Crippen LogP contribution in [0.5, 0.6) is 11.5 Å². The van der Waals surface area contributed by atoms with E-state index in [9.17, 15) is 4.39 Å². The highest BCUT2D eigenvalue weighted by Crippen LogP contribution is 2.27. The maximum absolute atomic E-state index is 14.0. The Morgan fingerprint density at radius 3 is 2.74 bits per heavy atom. The molecule has 0 saturated heterocycles. The molecule has 2 aromatic heterocycles. The molecule has 0 aliphatic rings. The summed E-state index contributed by atoms with van der Waals surface area (Å²) >= 11 is 0. The van der Waals surface area contributed by atoms with Crippen LogP contribution >= 0.6 is 0 Å². The molecule has 19 heavy (non-hydrogen) atoms. The van der Waals surface area contributed by atoms with Gasteiger partial charge >= 0.3 is 0 Å². The molecule has 94 valence electrons. The fraction of sp³-hybridized carbons (Fsp3) is 0. The summed E-state index contributed by atoms with van der Waals surface area (Å²) in [6.45, 7) is 0. The van der Waals surface area contributed by atoms with Crippen LogP contribution in [0.3, 0.4) is 0 Å². The number of rotatable bonds is 3. The maximum atomic E-state index is 14.0. The molecule has 3 rings (SSSR count). The van der Waals surface area contributed by atoms with Crippen molar-refractivity contribution in [1.29, 1.82) is 0 Å². The van der Waals surface area contributed by atoms with Gasteiger partial charge in [0, 0.05) is 29.6 Å². The van der Waals surface area contributed by atoms with Gasteiger partial charge in [-0.05, 0) is 24.3 Å². The zero-order valence-corrected chi connectivity index (χ0v) is 9.88. The first-order valence-electron chi connectivity index (χ1n) is 5.69. The lowest BCUT2D eigenvalue weighted by atomic mass is 10.1. The molecular formula is C14H10FN3O. The molecular weight excluding hydrogens is 245 g/mol. The van der Waals surface area contributed by atoms with Crippen molar-refractivity contribution in [3.8, 4) is 22.6 Å². The van der Waals surface area contributed by atoms with Gasteiger partial charge in [-0.2, -0.15) is 5.10 Å². The molecule has 0 spiro atoms. The Hall–Kier alpha value is -2.69. The van der Waals surface area contributed by atoms with Gasteiger partial charge in [0.1, 0.15) is 17.3 Å². The third kappa shape index (κ3) is 2.44. The Labute approximate surface area is 108 Å². The summed E-state index contributed by atoms with van der Waals surface area (Å²) in [6, 6.07) is 8.22. The molecule has 4 nitrogen and oxygen atoms in total. The van der Waals surface area contributed by atoms with Gasteiger partial charge in [-0.15, -0.1) is 0 Å². The largest absolute Gasteiger partial charge is 0.456 e. The highest BCUT2D eigenvalue weighted by molar-refractivity contribution is 5.63. The number of pyridine rings is 1. The second-order valence-corrected chi connectivity index (χ2v) is 3.92. The summed E-state index contributed by atoms with van der Waals surface area (Å²) in [6.07, 6.45) is 6.43. The van der Waals surface area contributed by atoms with Gasteiger partial charge in [-0.25, -0.2) is 4.39 Å². The van der Waals surface area contributed by atoms with Crippen LogP contribution in [0.25, 0.3) is 11.1 Å². The van der Waals surface area contributed by atoms with E-state index in [0.717, 1.165) is 0 Å². The molecule has 0 aliphatic carbocycles. The number of nitrogens with zero attached hydrogens (tertiary/aromatic N) is 2. The van der Waals surface area contributed by atoms with Gasteiger partial charge in [-0.3, -0.25) is 10.1 Å².